The molecule has 0 spiro atoms. The number of nitrogen functional groups attached to an aromatic ring is 1. The van der Waals surface area contributed by atoms with Gasteiger partial charge in [-0.15, -0.1) is 5.10 Å². The van der Waals surface area contributed by atoms with E-state index in [0.29, 0.717) is 90.3 Å². The summed E-state index contributed by atoms with van der Waals surface area (Å²) in [6.45, 7) is 17.5. The van der Waals surface area contributed by atoms with Crippen LogP contribution >= 0.6 is 0 Å². The van der Waals surface area contributed by atoms with Crippen molar-refractivity contribution in [3.63, 3.8) is 0 Å². The van der Waals surface area contributed by atoms with Crippen LogP contribution < -0.4 is 16.4 Å². The average molecular weight is 672 g/mol. The number of hydrogen-bond acceptors (Lipinski definition) is 10. The van der Waals surface area contributed by atoms with Crippen LogP contribution in [0.4, 0.5) is 16.0 Å². The third-order valence-electron chi connectivity index (χ3n) is 7.85. The Morgan fingerprint density at radius 3 is 2.29 bits per heavy atom. The van der Waals surface area contributed by atoms with Crippen molar-refractivity contribution in [3.05, 3.63) is 72.1 Å². The zero-order valence-corrected chi connectivity index (χ0v) is 29.3. The first-order valence-corrected chi connectivity index (χ1v) is 16.8. The van der Waals surface area contributed by atoms with Gasteiger partial charge in [0, 0.05) is 51.0 Å². The lowest BCUT2D eigenvalue weighted by atomic mass is 10.1. The molecule has 1 saturated heterocycles. The normalized spacial score (nSPS) is 12.9. The number of piperazine rings is 1. The Labute approximate surface area is 285 Å². The molecule has 0 radical (unpaired) electrons. The van der Waals surface area contributed by atoms with Crippen LogP contribution in [0, 0.1) is 12.7 Å². The summed E-state index contributed by atoms with van der Waals surface area (Å²) in [7, 11) is 0. The van der Waals surface area contributed by atoms with Gasteiger partial charge in [0.2, 0.25) is 17.7 Å². The fourth-order valence-electron chi connectivity index (χ4n) is 5.75. The summed E-state index contributed by atoms with van der Waals surface area (Å²) in [5.41, 5.74) is 16.0. The molecule has 0 saturated carbocycles. The molecule has 49 heavy (non-hydrogen) atoms. The van der Waals surface area contributed by atoms with Gasteiger partial charge in [0.15, 0.2) is 5.65 Å². The first kappa shape index (κ1) is 36.5. The van der Waals surface area contributed by atoms with Gasteiger partial charge in [0.1, 0.15) is 29.1 Å². The molecule has 13 nitrogen and oxygen atoms in total. The molecule has 6 heterocycles. The maximum absolute atomic E-state index is 14.8. The highest BCUT2D eigenvalue weighted by atomic mass is 19.1. The Morgan fingerprint density at radius 2 is 1.65 bits per heavy atom. The third kappa shape index (κ3) is 7.38. The number of aromatic nitrogens is 7. The van der Waals surface area contributed by atoms with Gasteiger partial charge < -0.3 is 25.4 Å². The number of carbonyl (C=O) groups is 1. The molecule has 1 aromatic carbocycles. The highest BCUT2D eigenvalue weighted by molar-refractivity contribution is 6.04. The smallest absolute Gasteiger partial charge is 0.265 e. The highest BCUT2D eigenvalue weighted by Gasteiger charge is 2.26. The summed E-state index contributed by atoms with van der Waals surface area (Å²) in [5.74, 6) is 0.121. The first-order valence-electron chi connectivity index (χ1n) is 16.8. The predicted molar refractivity (Wildman–Crippen MR) is 192 cm³/mol. The topological polar surface area (TPSA) is 163 Å². The quantitative estimate of drug-likeness (QED) is 0.211. The van der Waals surface area contributed by atoms with Crippen LogP contribution in [0.25, 0.3) is 39.7 Å². The van der Waals surface area contributed by atoms with Crippen LogP contribution in [-0.2, 0) is 6.54 Å². The number of oxazole rings is 1. The van der Waals surface area contributed by atoms with Gasteiger partial charge in [-0.25, -0.2) is 14.4 Å². The van der Waals surface area contributed by atoms with Gasteiger partial charge in [-0.05, 0) is 42.8 Å². The molecule has 1 amide bonds. The van der Waals surface area contributed by atoms with Crippen LogP contribution in [0.1, 0.15) is 57.6 Å². The molecule has 1 fully saturated rings. The van der Waals surface area contributed by atoms with Crippen molar-refractivity contribution < 1.29 is 13.6 Å². The van der Waals surface area contributed by atoms with Crippen molar-refractivity contribution in [3.8, 4) is 23.0 Å². The van der Waals surface area contributed by atoms with Crippen LogP contribution in [0.15, 0.2) is 59.5 Å². The molecule has 14 heteroatoms. The van der Waals surface area contributed by atoms with E-state index in [1.807, 2.05) is 76.1 Å². The summed E-state index contributed by atoms with van der Waals surface area (Å²) in [4.78, 5) is 34.8. The number of carbonyl (C=O) groups excluding carboxylic acids is 1. The summed E-state index contributed by atoms with van der Waals surface area (Å²) in [6.07, 6.45) is 4.72. The summed E-state index contributed by atoms with van der Waals surface area (Å²) < 4.78 is 23.4. The number of anilines is 2. The molecular weight excluding hydrogens is 625 g/mol. The fraction of sp³-hybridized carbons (Fsp3) is 0.371. The monoisotopic (exact) mass is 671 g/mol. The molecule has 0 aliphatic carbocycles. The number of primary amides is 1. The van der Waals surface area contributed by atoms with Gasteiger partial charge in [0.05, 0.1) is 17.3 Å². The number of amides is 1. The molecule has 0 atom stereocenters. The van der Waals surface area contributed by atoms with Crippen molar-refractivity contribution in [2.75, 3.05) is 43.4 Å². The molecule has 0 unspecified atom stereocenters. The van der Waals surface area contributed by atoms with Crippen molar-refractivity contribution in [1.29, 1.82) is 0 Å². The molecule has 260 valence electrons. The van der Waals surface area contributed by atoms with Crippen LogP contribution in [0.3, 0.4) is 0 Å². The number of nitrogens with zero attached hydrogens (tertiary/aromatic N) is 9. The van der Waals surface area contributed by atoms with Crippen molar-refractivity contribution in [2.24, 2.45) is 5.73 Å². The number of fused-ring (bicyclic) bond motifs is 3. The predicted octanol–water partition coefficient (Wildman–Crippen LogP) is 5.83. The second-order valence-electron chi connectivity index (χ2n) is 10.4. The minimum Gasteiger partial charge on any atom is -0.445 e. The second-order valence-corrected chi connectivity index (χ2v) is 10.4. The minimum absolute atomic E-state index is 0.134. The summed E-state index contributed by atoms with van der Waals surface area (Å²) in [5, 5.41) is 5.17. The van der Waals surface area contributed by atoms with E-state index in [4.69, 9.17) is 20.9 Å². The van der Waals surface area contributed by atoms with Gasteiger partial charge >= 0.3 is 0 Å². The molecule has 0 bridgehead atoms. The number of halogens is 1. The molecule has 6 aromatic rings. The zero-order chi connectivity index (χ0) is 35.7. The minimum atomic E-state index is -0.567. The summed E-state index contributed by atoms with van der Waals surface area (Å²) in [6, 6.07) is 10.3. The molecule has 1 aliphatic heterocycles. The van der Waals surface area contributed by atoms with Gasteiger partial charge in [0.25, 0.3) is 5.91 Å². The summed E-state index contributed by atoms with van der Waals surface area (Å²) >= 11 is 0. The number of benzene rings is 1. The van der Waals surface area contributed by atoms with E-state index in [0.717, 1.165) is 5.56 Å². The van der Waals surface area contributed by atoms with E-state index in [9.17, 15) is 9.18 Å². The molecule has 5 aromatic heterocycles. The Hall–Kier alpha value is -5.37. The van der Waals surface area contributed by atoms with E-state index >= 15 is 0 Å². The Balaban J connectivity index is 0.000000856. The third-order valence-corrected chi connectivity index (χ3v) is 7.85. The second kappa shape index (κ2) is 16.6. The zero-order valence-electron chi connectivity index (χ0n) is 29.3. The largest absolute Gasteiger partial charge is 0.445 e. The average Bonchev–Trinajstić information content (AvgIpc) is 3.90. The molecule has 7 rings (SSSR count). The molecular formula is C35H46FN11O2. The fourth-order valence-corrected chi connectivity index (χ4v) is 5.75. The number of pyridine rings is 1. The van der Waals surface area contributed by atoms with Gasteiger partial charge in [-0.2, -0.15) is 9.50 Å². The van der Waals surface area contributed by atoms with E-state index in [2.05, 4.69) is 25.0 Å². The van der Waals surface area contributed by atoms with Gasteiger partial charge in [-0.1, -0.05) is 47.6 Å². The highest BCUT2D eigenvalue weighted by Crippen LogP contribution is 2.31. The number of aryl methyl sites for hydroxylation is 1. The number of hydrogen-bond donors (Lipinski definition) is 2. The lowest BCUT2D eigenvalue weighted by Crippen LogP contribution is -2.47. The Morgan fingerprint density at radius 1 is 0.918 bits per heavy atom. The number of rotatable bonds is 7. The van der Waals surface area contributed by atoms with E-state index in [-0.39, 0.29) is 11.8 Å². The van der Waals surface area contributed by atoms with Crippen molar-refractivity contribution >= 4 is 34.2 Å². The van der Waals surface area contributed by atoms with E-state index < -0.39 is 5.91 Å². The van der Waals surface area contributed by atoms with Crippen LogP contribution in [0.2, 0.25) is 0 Å². The van der Waals surface area contributed by atoms with Crippen molar-refractivity contribution in [1.82, 2.24) is 39.0 Å². The lowest BCUT2D eigenvalue weighted by molar-refractivity contribution is 0.0990. The van der Waals surface area contributed by atoms with Crippen LogP contribution in [-0.4, -0.2) is 77.6 Å². The first-order chi connectivity index (χ1) is 23.9. The SMILES string of the molecule is CC.CC.CC.Cc1c(C(N)=O)n(CCN2CCN(c3cc(-c4ncco4)ccc3F)CC2)c2nc(N)n3nc(-c4ccccn4)nc3c12. The molecule has 4 N–H and O–H groups in total. The number of nitrogens with two attached hydrogens (primary N) is 2. The standard InChI is InChI=1S/C29H28FN11O2.3C2H6/c1-17-22-26(36-29(32)41-27(22)35-25(37-41)20-4-2-3-7-33-20)40(23(17)24(31)42)14-11-38-9-12-39(13-10-38)21-16-18(5-6-19(21)30)28-34-8-15-43-28;3*1-2/h2-8,15-16H,9-14H2,1H3,(H2,31,42)(H2,32,36);3*1-2H3. The Bertz CT molecular complexity index is 1960. The maximum Gasteiger partial charge on any atom is 0.265 e. The van der Waals surface area contributed by atoms with Gasteiger partial charge in [-0.3, -0.25) is 14.7 Å². The maximum atomic E-state index is 14.8. The van der Waals surface area contributed by atoms with Crippen molar-refractivity contribution in [2.45, 2.75) is 55.0 Å². The van der Waals surface area contributed by atoms with E-state index in [1.54, 1.807) is 24.5 Å². The Kier molecular flexibility index (Phi) is 12.4. The molecule has 1 aliphatic rings. The van der Waals surface area contributed by atoms with E-state index in [1.165, 1.54) is 16.8 Å². The lowest BCUT2D eigenvalue weighted by Gasteiger charge is -2.36. The van der Waals surface area contributed by atoms with Crippen LogP contribution in [0.5, 0.6) is 0 Å².